The van der Waals surface area contributed by atoms with Crippen molar-refractivity contribution in [2.24, 2.45) is 11.7 Å². The Morgan fingerprint density at radius 3 is 2.45 bits per heavy atom. The zero-order valence-corrected chi connectivity index (χ0v) is 12.3. The number of carboxylic acid groups (broad SMARTS) is 1. The van der Waals surface area contributed by atoms with Crippen molar-refractivity contribution >= 4 is 11.9 Å². The number of carbonyl (C=O) groups is 2. The van der Waals surface area contributed by atoms with Gasteiger partial charge < -0.3 is 16.2 Å². The van der Waals surface area contributed by atoms with Crippen LogP contribution in [0.2, 0.25) is 0 Å². The number of rotatable bonds is 8. The van der Waals surface area contributed by atoms with Crippen LogP contribution in [0.15, 0.2) is 0 Å². The molecule has 1 rings (SSSR count). The first-order valence-corrected chi connectivity index (χ1v) is 7.87. The minimum Gasteiger partial charge on any atom is -0.481 e. The van der Waals surface area contributed by atoms with Crippen LogP contribution in [-0.4, -0.2) is 29.6 Å². The van der Waals surface area contributed by atoms with Crippen molar-refractivity contribution in [2.75, 3.05) is 6.54 Å². The van der Waals surface area contributed by atoms with Gasteiger partial charge in [0.15, 0.2) is 0 Å². The molecule has 0 aromatic carbocycles. The van der Waals surface area contributed by atoms with E-state index in [1.807, 2.05) is 0 Å². The Labute approximate surface area is 121 Å². The fraction of sp³-hybridized carbons (Fsp3) is 0.867. The number of carbonyl (C=O) groups excluding carboxylic acids is 1. The molecule has 1 fully saturated rings. The molecule has 2 atom stereocenters. The van der Waals surface area contributed by atoms with Crippen LogP contribution in [0.3, 0.4) is 0 Å². The van der Waals surface area contributed by atoms with Crippen LogP contribution in [0.4, 0.5) is 0 Å². The molecular weight excluding hydrogens is 256 g/mol. The van der Waals surface area contributed by atoms with E-state index in [-0.39, 0.29) is 11.9 Å². The van der Waals surface area contributed by atoms with E-state index >= 15 is 0 Å². The smallest absolute Gasteiger partial charge is 0.308 e. The summed E-state index contributed by atoms with van der Waals surface area (Å²) in [5, 5.41) is 12.2. The van der Waals surface area contributed by atoms with Crippen molar-refractivity contribution < 1.29 is 14.7 Å². The molecule has 0 saturated heterocycles. The second-order valence-electron chi connectivity index (χ2n) is 5.71. The van der Waals surface area contributed by atoms with Gasteiger partial charge in [0.1, 0.15) is 0 Å². The van der Waals surface area contributed by atoms with Gasteiger partial charge in [-0.15, -0.1) is 0 Å². The number of unbranched alkanes of at least 4 members (excludes halogenated alkanes) is 3. The highest BCUT2D eigenvalue weighted by Gasteiger charge is 2.30. The van der Waals surface area contributed by atoms with Crippen LogP contribution < -0.4 is 11.1 Å². The zero-order chi connectivity index (χ0) is 14.8. The fourth-order valence-electron chi connectivity index (χ4n) is 2.84. The Morgan fingerprint density at radius 1 is 1.05 bits per heavy atom. The minimum atomic E-state index is -0.778. The molecule has 0 radical (unpaired) electrons. The lowest BCUT2D eigenvalue weighted by Gasteiger charge is -2.22. The first kappa shape index (κ1) is 17.0. The van der Waals surface area contributed by atoms with Crippen LogP contribution in [-0.2, 0) is 9.59 Å². The van der Waals surface area contributed by atoms with Crippen molar-refractivity contribution in [1.82, 2.24) is 5.32 Å². The lowest BCUT2D eigenvalue weighted by Crippen LogP contribution is -2.42. The third-order valence-electron chi connectivity index (χ3n) is 4.04. The number of amides is 1. The average Bonchev–Trinajstić information content (AvgIpc) is 2.64. The largest absolute Gasteiger partial charge is 0.481 e. The third-order valence-corrected chi connectivity index (χ3v) is 4.04. The molecule has 0 aliphatic heterocycles. The summed E-state index contributed by atoms with van der Waals surface area (Å²) < 4.78 is 0. The fourth-order valence-corrected chi connectivity index (χ4v) is 2.84. The van der Waals surface area contributed by atoms with E-state index in [1.54, 1.807) is 0 Å². The van der Waals surface area contributed by atoms with E-state index in [4.69, 9.17) is 5.73 Å². The Balaban J connectivity index is 2.31. The summed E-state index contributed by atoms with van der Waals surface area (Å²) in [5.74, 6) is -1.20. The van der Waals surface area contributed by atoms with Crippen molar-refractivity contribution in [3.8, 4) is 0 Å². The normalized spacial score (nSPS) is 23.1. The monoisotopic (exact) mass is 284 g/mol. The number of aliphatic carboxylic acids is 1. The summed E-state index contributed by atoms with van der Waals surface area (Å²) in [6.45, 7) is 0.703. The molecule has 0 heterocycles. The second kappa shape index (κ2) is 9.75. The second-order valence-corrected chi connectivity index (χ2v) is 5.71. The van der Waals surface area contributed by atoms with Crippen LogP contribution in [0.5, 0.6) is 0 Å². The SMILES string of the molecule is NCCCCCCC(=O)NC1CCCCCC1C(=O)O. The molecule has 4 N–H and O–H groups in total. The van der Waals surface area contributed by atoms with Crippen molar-refractivity contribution in [2.45, 2.75) is 70.3 Å². The number of nitrogens with two attached hydrogens (primary N) is 1. The van der Waals surface area contributed by atoms with Crippen molar-refractivity contribution in [3.63, 3.8) is 0 Å². The first-order valence-electron chi connectivity index (χ1n) is 7.87. The highest BCUT2D eigenvalue weighted by molar-refractivity contribution is 5.78. The Morgan fingerprint density at radius 2 is 1.75 bits per heavy atom. The first-order chi connectivity index (χ1) is 9.65. The van der Waals surface area contributed by atoms with E-state index in [2.05, 4.69) is 5.32 Å². The molecule has 2 unspecified atom stereocenters. The van der Waals surface area contributed by atoms with Gasteiger partial charge in [-0.2, -0.15) is 0 Å². The molecular formula is C15H28N2O3. The lowest BCUT2D eigenvalue weighted by atomic mass is 9.94. The molecule has 1 aliphatic rings. The number of carboxylic acids is 1. The predicted molar refractivity (Wildman–Crippen MR) is 78.3 cm³/mol. The molecule has 0 bridgehead atoms. The standard InChI is InChI=1S/C15H28N2O3/c16-11-7-2-1-6-10-14(18)17-13-9-5-3-4-8-12(13)15(19)20/h12-13H,1-11,16H2,(H,17,18)(H,19,20). The third kappa shape index (κ3) is 6.37. The number of hydrogen-bond donors (Lipinski definition) is 3. The van der Waals surface area contributed by atoms with E-state index in [0.717, 1.165) is 51.4 Å². The van der Waals surface area contributed by atoms with Crippen LogP contribution in [0.1, 0.15) is 64.2 Å². The molecule has 5 heteroatoms. The topological polar surface area (TPSA) is 92.4 Å². The average molecular weight is 284 g/mol. The molecule has 1 aliphatic carbocycles. The summed E-state index contributed by atoms with van der Waals surface area (Å²) >= 11 is 0. The van der Waals surface area contributed by atoms with Gasteiger partial charge in [-0.05, 0) is 32.2 Å². The van der Waals surface area contributed by atoms with Crippen LogP contribution >= 0.6 is 0 Å². The Kier molecular flexibility index (Phi) is 8.26. The van der Waals surface area contributed by atoms with E-state index in [1.165, 1.54) is 0 Å². The van der Waals surface area contributed by atoms with E-state index in [0.29, 0.717) is 19.4 Å². The molecule has 1 amide bonds. The highest BCUT2D eigenvalue weighted by atomic mass is 16.4. The maximum atomic E-state index is 11.9. The molecule has 1 saturated carbocycles. The van der Waals surface area contributed by atoms with Gasteiger partial charge in [-0.25, -0.2) is 0 Å². The molecule has 0 spiro atoms. The van der Waals surface area contributed by atoms with Gasteiger partial charge in [-0.1, -0.05) is 32.1 Å². The maximum absolute atomic E-state index is 11.9. The van der Waals surface area contributed by atoms with E-state index < -0.39 is 11.9 Å². The highest BCUT2D eigenvalue weighted by Crippen LogP contribution is 2.24. The molecule has 5 nitrogen and oxygen atoms in total. The van der Waals surface area contributed by atoms with E-state index in [9.17, 15) is 14.7 Å². The maximum Gasteiger partial charge on any atom is 0.308 e. The summed E-state index contributed by atoms with van der Waals surface area (Å²) in [5.41, 5.74) is 5.42. The zero-order valence-electron chi connectivity index (χ0n) is 12.3. The summed E-state index contributed by atoms with van der Waals surface area (Å²) in [4.78, 5) is 23.2. The van der Waals surface area contributed by atoms with Crippen LogP contribution in [0, 0.1) is 5.92 Å². The number of nitrogens with one attached hydrogen (secondary N) is 1. The van der Waals surface area contributed by atoms with Gasteiger partial charge in [0.05, 0.1) is 5.92 Å². The molecule has 116 valence electrons. The quantitative estimate of drug-likeness (QED) is 0.470. The lowest BCUT2D eigenvalue weighted by molar-refractivity contribution is -0.143. The number of hydrogen-bond acceptors (Lipinski definition) is 3. The van der Waals surface area contributed by atoms with Gasteiger partial charge in [0.25, 0.3) is 0 Å². The summed E-state index contributed by atoms with van der Waals surface area (Å²) in [6.07, 6.45) is 8.91. The molecule has 20 heavy (non-hydrogen) atoms. The Hall–Kier alpha value is -1.10. The van der Waals surface area contributed by atoms with Gasteiger partial charge >= 0.3 is 5.97 Å². The Bertz CT molecular complexity index is 307. The summed E-state index contributed by atoms with van der Waals surface area (Å²) in [6, 6.07) is -0.188. The van der Waals surface area contributed by atoms with Crippen molar-refractivity contribution in [1.29, 1.82) is 0 Å². The molecule has 0 aromatic rings. The molecule has 0 aromatic heterocycles. The predicted octanol–water partition coefficient (Wildman–Crippen LogP) is 2.05. The van der Waals surface area contributed by atoms with Crippen molar-refractivity contribution in [3.05, 3.63) is 0 Å². The van der Waals surface area contributed by atoms with Gasteiger partial charge in [-0.3, -0.25) is 9.59 Å². The van der Waals surface area contributed by atoms with Gasteiger partial charge in [0.2, 0.25) is 5.91 Å². The van der Waals surface area contributed by atoms with Gasteiger partial charge in [0, 0.05) is 12.5 Å². The minimum absolute atomic E-state index is 0.00380. The van der Waals surface area contributed by atoms with Crippen LogP contribution in [0.25, 0.3) is 0 Å². The summed E-state index contributed by atoms with van der Waals surface area (Å²) in [7, 11) is 0.